The fourth-order valence-electron chi connectivity index (χ4n) is 4.37. The number of fused-ring (bicyclic) bond motifs is 1. The van der Waals surface area contributed by atoms with Gasteiger partial charge in [0.1, 0.15) is 17.7 Å². The third-order valence-electron chi connectivity index (χ3n) is 6.26. The molecular weight excluding hydrogens is 501 g/mol. The maximum absolute atomic E-state index is 12.9. The molecule has 1 aliphatic heterocycles. The summed E-state index contributed by atoms with van der Waals surface area (Å²) in [7, 11) is 0. The van der Waals surface area contributed by atoms with Crippen LogP contribution >= 0.6 is 0 Å². The highest BCUT2D eigenvalue weighted by molar-refractivity contribution is 6.00. The number of carbonyl (C=O) groups excluding carboxylic acids is 1. The van der Waals surface area contributed by atoms with Crippen molar-refractivity contribution in [1.29, 1.82) is 0 Å². The molecule has 4 aromatic rings. The molecule has 0 aliphatic carbocycles. The lowest BCUT2D eigenvalue weighted by Gasteiger charge is -2.26. The molecule has 13 heteroatoms. The Labute approximate surface area is 215 Å². The van der Waals surface area contributed by atoms with Gasteiger partial charge in [0, 0.05) is 37.1 Å². The summed E-state index contributed by atoms with van der Waals surface area (Å²) in [6.07, 6.45) is -2.13. The Morgan fingerprint density at radius 3 is 2.63 bits per heavy atom. The van der Waals surface area contributed by atoms with Crippen LogP contribution in [0.1, 0.15) is 16.8 Å². The third-order valence-corrected chi connectivity index (χ3v) is 6.26. The molecule has 1 aliphatic rings. The molecule has 2 amide bonds. The number of ether oxygens (including phenoxy) is 1. The van der Waals surface area contributed by atoms with Crippen LogP contribution in [-0.4, -0.2) is 56.8 Å². The number of morpholine rings is 1. The van der Waals surface area contributed by atoms with Gasteiger partial charge < -0.3 is 15.8 Å². The summed E-state index contributed by atoms with van der Waals surface area (Å²) < 4.78 is 46.1. The van der Waals surface area contributed by atoms with Crippen LogP contribution in [0, 0.1) is 6.92 Å². The van der Waals surface area contributed by atoms with Crippen molar-refractivity contribution in [3.8, 4) is 11.1 Å². The van der Waals surface area contributed by atoms with Crippen LogP contribution in [0.4, 0.5) is 35.3 Å². The Bertz CT molecular complexity index is 1480. The molecule has 0 radical (unpaired) electrons. The minimum absolute atomic E-state index is 0.213. The van der Waals surface area contributed by atoms with Gasteiger partial charge in [-0.25, -0.2) is 19.3 Å². The van der Waals surface area contributed by atoms with Gasteiger partial charge in [-0.05, 0) is 48.4 Å². The number of aromatic nitrogens is 4. The maximum Gasteiger partial charge on any atom is 0.416 e. The average Bonchev–Trinajstić information content (AvgIpc) is 3.25. The fourth-order valence-corrected chi connectivity index (χ4v) is 4.37. The van der Waals surface area contributed by atoms with E-state index in [4.69, 9.17) is 10.5 Å². The molecule has 0 spiro atoms. The maximum atomic E-state index is 12.9. The molecule has 0 unspecified atom stereocenters. The van der Waals surface area contributed by atoms with Crippen molar-refractivity contribution in [3.63, 3.8) is 0 Å². The van der Waals surface area contributed by atoms with Gasteiger partial charge in [0.2, 0.25) is 0 Å². The van der Waals surface area contributed by atoms with E-state index in [1.165, 1.54) is 6.33 Å². The summed E-state index contributed by atoms with van der Waals surface area (Å²) in [6.45, 7) is 5.48. The van der Waals surface area contributed by atoms with Gasteiger partial charge in [-0.3, -0.25) is 10.2 Å². The monoisotopic (exact) mass is 526 g/mol. The Kier molecular flexibility index (Phi) is 6.87. The van der Waals surface area contributed by atoms with Gasteiger partial charge in [0.25, 0.3) is 0 Å². The zero-order chi connectivity index (χ0) is 26.9. The van der Waals surface area contributed by atoms with Crippen LogP contribution in [0.3, 0.4) is 0 Å². The Morgan fingerprint density at radius 2 is 1.89 bits per heavy atom. The van der Waals surface area contributed by atoms with E-state index < -0.39 is 17.8 Å². The fraction of sp³-hybridized carbons (Fsp3) is 0.280. The first-order chi connectivity index (χ1) is 18.2. The Morgan fingerprint density at radius 1 is 1.11 bits per heavy atom. The van der Waals surface area contributed by atoms with Crippen LogP contribution in [0.15, 0.2) is 48.9 Å². The Hall–Kier alpha value is -4.23. The number of alkyl halides is 3. The lowest BCUT2D eigenvalue weighted by molar-refractivity contribution is -0.137. The zero-order valence-corrected chi connectivity index (χ0v) is 20.4. The van der Waals surface area contributed by atoms with Crippen molar-refractivity contribution >= 4 is 28.9 Å². The van der Waals surface area contributed by atoms with Crippen LogP contribution < -0.4 is 16.4 Å². The second-order valence-electron chi connectivity index (χ2n) is 8.88. The Balaban J connectivity index is 1.37. The summed E-state index contributed by atoms with van der Waals surface area (Å²) in [5, 5.41) is 9.42. The lowest BCUT2D eigenvalue weighted by atomic mass is 10.0. The van der Waals surface area contributed by atoms with E-state index in [-0.39, 0.29) is 5.82 Å². The first-order valence-corrected chi connectivity index (χ1v) is 11.8. The molecule has 1 aromatic carbocycles. The molecule has 0 bridgehead atoms. The molecule has 0 atom stereocenters. The van der Waals surface area contributed by atoms with Crippen LogP contribution in [0.5, 0.6) is 0 Å². The number of halogens is 3. The number of aryl methyl sites for hydroxylation is 1. The molecule has 4 heterocycles. The number of nitrogens with two attached hydrogens (primary N) is 1. The summed E-state index contributed by atoms with van der Waals surface area (Å²) in [5.41, 5.74) is 9.89. The molecule has 1 saturated heterocycles. The van der Waals surface area contributed by atoms with Crippen molar-refractivity contribution in [3.05, 3.63) is 65.7 Å². The second kappa shape index (κ2) is 10.3. The number of rotatable bonds is 5. The van der Waals surface area contributed by atoms with Gasteiger partial charge in [-0.1, -0.05) is 6.07 Å². The minimum Gasteiger partial charge on any atom is -0.382 e. The van der Waals surface area contributed by atoms with Gasteiger partial charge in [-0.15, -0.1) is 0 Å². The van der Waals surface area contributed by atoms with E-state index in [1.807, 2.05) is 25.1 Å². The number of hydrogen-bond donors (Lipinski definition) is 3. The molecule has 38 heavy (non-hydrogen) atoms. The number of carbonyl (C=O) groups is 1. The summed E-state index contributed by atoms with van der Waals surface area (Å²) in [4.78, 5) is 22.7. The number of benzene rings is 1. The molecule has 4 N–H and O–H groups in total. The summed E-state index contributed by atoms with van der Waals surface area (Å²) in [6, 6.07) is 8.35. The SMILES string of the molecule is Cc1cc(-c2cc(CN3CCOCC3)n3ncnc(N)c23)ccc1NC(=O)Nc1cc(C(F)(F)F)ccn1. The van der Waals surface area contributed by atoms with Gasteiger partial charge in [0.15, 0.2) is 5.82 Å². The predicted molar refractivity (Wildman–Crippen MR) is 136 cm³/mol. The molecule has 198 valence electrons. The number of amides is 2. The standard InChI is InChI=1S/C25H25F3N8O2/c1-15-10-16(2-3-20(15)33-24(37)34-21-11-17(4-5-30-21)25(26,27)28)19-12-18(13-35-6-8-38-9-7-35)36-22(19)23(29)31-14-32-36/h2-5,10-12,14H,6-9,13H2,1H3,(H2,29,31,32)(H2,30,33,34,37). The average molecular weight is 527 g/mol. The van der Waals surface area contributed by atoms with E-state index in [0.29, 0.717) is 36.8 Å². The van der Waals surface area contributed by atoms with Gasteiger partial charge >= 0.3 is 12.2 Å². The van der Waals surface area contributed by atoms with Crippen molar-refractivity contribution in [1.82, 2.24) is 24.5 Å². The lowest BCUT2D eigenvalue weighted by Crippen LogP contribution is -2.36. The quantitative estimate of drug-likeness (QED) is 0.357. The molecule has 1 fully saturated rings. The number of anilines is 3. The highest BCUT2D eigenvalue weighted by Crippen LogP contribution is 2.33. The van der Waals surface area contributed by atoms with E-state index in [0.717, 1.165) is 53.8 Å². The summed E-state index contributed by atoms with van der Waals surface area (Å²) >= 11 is 0. The van der Waals surface area contributed by atoms with Gasteiger partial charge in [-0.2, -0.15) is 18.3 Å². The van der Waals surface area contributed by atoms with Crippen LogP contribution in [0.25, 0.3) is 16.6 Å². The van der Waals surface area contributed by atoms with Gasteiger partial charge in [0.05, 0.1) is 24.5 Å². The molecular formula is C25H25F3N8O2. The van der Waals surface area contributed by atoms with E-state index >= 15 is 0 Å². The van der Waals surface area contributed by atoms with E-state index in [9.17, 15) is 18.0 Å². The highest BCUT2D eigenvalue weighted by atomic mass is 19.4. The molecule has 0 saturated carbocycles. The molecule has 10 nitrogen and oxygen atoms in total. The van der Waals surface area contributed by atoms with Crippen molar-refractivity contribution < 1.29 is 22.7 Å². The van der Waals surface area contributed by atoms with Crippen LogP contribution in [-0.2, 0) is 17.5 Å². The first kappa shape index (κ1) is 25.4. The number of hydrogen-bond acceptors (Lipinski definition) is 7. The van der Waals surface area contributed by atoms with Crippen molar-refractivity contribution in [2.75, 3.05) is 42.7 Å². The predicted octanol–water partition coefficient (Wildman–Crippen LogP) is 4.18. The normalized spacial score (nSPS) is 14.5. The second-order valence-corrected chi connectivity index (χ2v) is 8.88. The van der Waals surface area contributed by atoms with E-state index in [2.05, 4.69) is 30.6 Å². The zero-order valence-electron chi connectivity index (χ0n) is 20.4. The molecule has 3 aromatic heterocycles. The topological polar surface area (TPSA) is 123 Å². The number of pyridine rings is 1. The van der Waals surface area contributed by atoms with Crippen molar-refractivity contribution in [2.24, 2.45) is 0 Å². The highest BCUT2D eigenvalue weighted by Gasteiger charge is 2.31. The van der Waals surface area contributed by atoms with Crippen LogP contribution in [0.2, 0.25) is 0 Å². The third kappa shape index (κ3) is 5.38. The number of urea groups is 1. The number of nitrogens with one attached hydrogen (secondary N) is 2. The smallest absolute Gasteiger partial charge is 0.382 e. The number of nitrogen functional groups attached to an aromatic ring is 1. The molecule has 5 rings (SSSR count). The van der Waals surface area contributed by atoms with E-state index in [1.54, 1.807) is 10.6 Å². The van der Waals surface area contributed by atoms with Crippen molar-refractivity contribution in [2.45, 2.75) is 19.6 Å². The summed E-state index contributed by atoms with van der Waals surface area (Å²) in [5.74, 6) is 0.131. The first-order valence-electron chi connectivity index (χ1n) is 11.8. The largest absolute Gasteiger partial charge is 0.416 e. The number of nitrogens with zero attached hydrogens (tertiary/aromatic N) is 5. The minimum atomic E-state index is -4.54.